The van der Waals surface area contributed by atoms with Gasteiger partial charge in [-0.05, 0) is 52.3 Å². The Morgan fingerprint density at radius 2 is 1.27 bits per heavy atom. The number of benzene rings is 2. The first-order chi connectivity index (χ1) is 15.0. The quantitative estimate of drug-likeness (QED) is 0.206. The van der Waals surface area contributed by atoms with Crippen molar-refractivity contribution in [3.63, 3.8) is 0 Å². The predicted molar refractivity (Wildman–Crippen MR) is 140 cm³/mol. The van der Waals surface area contributed by atoms with Crippen molar-refractivity contribution in [1.29, 1.82) is 0 Å². The van der Waals surface area contributed by atoms with Gasteiger partial charge in [-0.3, -0.25) is 9.59 Å². The molecule has 0 aliphatic carbocycles. The summed E-state index contributed by atoms with van der Waals surface area (Å²) in [7, 11) is -7.69. The Hall–Kier alpha value is -0.780. The van der Waals surface area contributed by atoms with E-state index >= 15 is 0 Å². The molecule has 2 aromatic carbocycles. The van der Waals surface area contributed by atoms with Gasteiger partial charge >= 0.3 is 0 Å². The summed E-state index contributed by atoms with van der Waals surface area (Å²) in [6, 6.07) is 8.11. The maximum absolute atomic E-state index is 11.2. The summed E-state index contributed by atoms with van der Waals surface area (Å²) in [6.07, 6.45) is 0. The molecule has 17 heteroatoms. The van der Waals surface area contributed by atoms with Crippen LogP contribution in [-0.4, -0.2) is 38.1 Å². The van der Waals surface area contributed by atoms with E-state index in [2.05, 4.69) is 53.1 Å². The fourth-order valence-electron chi connectivity index (χ4n) is 1.77. The Kier molecular flexibility index (Phi) is 14.2. The summed E-state index contributed by atoms with van der Waals surface area (Å²) in [5.74, 6) is -0.382. The molecule has 10 nitrogen and oxygen atoms in total. The maximum atomic E-state index is 11.2. The zero-order valence-corrected chi connectivity index (χ0v) is 24.2. The molecule has 0 aliphatic heterocycles. The average Bonchev–Trinajstić information content (AvgIpc) is 2.70. The Bertz CT molecular complexity index is 1210. The second-order valence-electron chi connectivity index (χ2n) is 5.58. The summed E-state index contributed by atoms with van der Waals surface area (Å²) in [6.45, 7) is 0. The third-order valence-corrected chi connectivity index (χ3v) is 7.47. The number of hydrogen-bond donors (Lipinski definition) is 4. The van der Waals surface area contributed by atoms with E-state index in [-0.39, 0.29) is 47.1 Å². The van der Waals surface area contributed by atoms with Crippen LogP contribution < -0.4 is 21.3 Å². The third kappa shape index (κ3) is 13.0. The van der Waals surface area contributed by atoms with Gasteiger partial charge in [0.25, 0.3) is 0 Å². The lowest BCUT2D eigenvalue weighted by Gasteiger charge is -2.08. The monoisotopic (exact) mass is 732 g/mol. The summed E-state index contributed by atoms with van der Waals surface area (Å²) in [5, 5.41) is 13.2. The minimum Gasteiger partial charge on any atom is -0.398 e. The van der Waals surface area contributed by atoms with Gasteiger partial charge in [0.05, 0.1) is 22.0 Å². The van der Waals surface area contributed by atoms with Crippen LogP contribution in [0.15, 0.2) is 46.2 Å². The Labute approximate surface area is 226 Å². The number of nitrogen functional groups attached to an aromatic ring is 1. The lowest BCUT2D eigenvalue weighted by Crippen LogP contribution is -2.18. The third-order valence-electron chi connectivity index (χ3n) is 3.03. The van der Waals surface area contributed by atoms with Crippen LogP contribution in [0.4, 0.5) is 11.4 Å². The van der Waals surface area contributed by atoms with Crippen molar-refractivity contribution >= 4 is 113 Å². The molecule has 0 radical (unpaired) electrons. The number of anilines is 2. The molecular formula is C16H17Br3Cl2N4O6S2. The van der Waals surface area contributed by atoms with E-state index < -0.39 is 20.0 Å². The standard InChI is InChI=1S/C8H8BrClN2O3S.C6H7ClN2O2S.C2H2Br2O/c9-4-8(13)12-6-2-1-5(10)3-7(6)16(11,14)15;7-4-1-2-5(8)6(3-4)12(9,10)11;3-1-2(4)5/h1-3H,4H2,(H,12,13)(H2,11,14,15);1-3H,8H2,(H2,9,10,11);1H2. The fourth-order valence-corrected chi connectivity index (χ4v) is 3.79. The predicted octanol–water partition coefficient (Wildman–Crippen LogP) is 3.19. The number of primary sulfonamides is 2. The van der Waals surface area contributed by atoms with Gasteiger partial charge in [-0.15, -0.1) is 0 Å². The van der Waals surface area contributed by atoms with Gasteiger partial charge in [-0.25, -0.2) is 27.1 Å². The average molecular weight is 736 g/mol. The number of rotatable bonds is 5. The molecule has 184 valence electrons. The van der Waals surface area contributed by atoms with Crippen molar-refractivity contribution < 1.29 is 26.4 Å². The van der Waals surface area contributed by atoms with Crippen LogP contribution in [0.1, 0.15) is 0 Å². The highest BCUT2D eigenvalue weighted by atomic mass is 79.9. The van der Waals surface area contributed by atoms with Gasteiger partial charge < -0.3 is 11.1 Å². The molecule has 0 aromatic heterocycles. The van der Waals surface area contributed by atoms with Crippen molar-refractivity contribution in [3.05, 3.63) is 46.4 Å². The molecule has 33 heavy (non-hydrogen) atoms. The first-order valence-electron chi connectivity index (χ1n) is 8.03. The molecule has 0 fully saturated rings. The number of hydrogen-bond acceptors (Lipinski definition) is 7. The van der Waals surface area contributed by atoms with Crippen LogP contribution in [0.25, 0.3) is 0 Å². The van der Waals surface area contributed by atoms with Gasteiger partial charge in [-0.1, -0.05) is 55.1 Å². The van der Waals surface area contributed by atoms with E-state index in [1.54, 1.807) is 0 Å². The summed E-state index contributed by atoms with van der Waals surface area (Å²) in [4.78, 5) is 20.4. The van der Waals surface area contributed by atoms with E-state index in [1.165, 1.54) is 36.4 Å². The normalized spacial score (nSPS) is 10.8. The first-order valence-corrected chi connectivity index (χ1v) is 14.9. The van der Waals surface area contributed by atoms with Crippen LogP contribution in [0.3, 0.4) is 0 Å². The van der Waals surface area contributed by atoms with Crippen molar-refractivity contribution in [2.45, 2.75) is 9.79 Å². The second-order valence-corrected chi connectivity index (χ2v) is 11.5. The first kappa shape index (κ1) is 32.2. The van der Waals surface area contributed by atoms with Crippen molar-refractivity contribution in [2.24, 2.45) is 10.3 Å². The van der Waals surface area contributed by atoms with Gasteiger partial charge in [0.2, 0.25) is 30.6 Å². The van der Waals surface area contributed by atoms with Crippen LogP contribution >= 0.6 is 71.0 Å². The zero-order chi connectivity index (χ0) is 26.0. The molecule has 0 bridgehead atoms. The van der Waals surface area contributed by atoms with Gasteiger partial charge in [0.1, 0.15) is 9.79 Å². The molecule has 0 saturated heterocycles. The number of amides is 1. The number of carbonyl (C=O) groups is 2. The summed E-state index contributed by atoms with van der Waals surface area (Å²) < 4.78 is 44.1. The van der Waals surface area contributed by atoms with Crippen LogP contribution in [0.5, 0.6) is 0 Å². The number of nitrogens with two attached hydrogens (primary N) is 3. The Balaban J connectivity index is 0.000000530. The van der Waals surface area contributed by atoms with Gasteiger partial charge in [0, 0.05) is 10.0 Å². The van der Waals surface area contributed by atoms with Crippen molar-refractivity contribution in [1.82, 2.24) is 0 Å². The lowest BCUT2D eigenvalue weighted by atomic mass is 10.3. The van der Waals surface area contributed by atoms with Crippen molar-refractivity contribution in [2.75, 3.05) is 21.7 Å². The highest BCUT2D eigenvalue weighted by molar-refractivity contribution is 9.19. The molecule has 0 saturated carbocycles. The molecule has 7 N–H and O–H groups in total. The topological polar surface area (TPSA) is 193 Å². The molecule has 1 amide bonds. The van der Waals surface area contributed by atoms with Gasteiger partial charge in [-0.2, -0.15) is 0 Å². The van der Waals surface area contributed by atoms with Crippen LogP contribution in [0.2, 0.25) is 10.0 Å². The number of carbonyl (C=O) groups excluding carboxylic acids is 2. The summed E-state index contributed by atoms with van der Waals surface area (Å²) in [5.41, 5.74) is 5.56. The maximum Gasteiger partial charge on any atom is 0.240 e. The zero-order valence-electron chi connectivity index (χ0n) is 16.3. The molecule has 0 unspecified atom stereocenters. The second kappa shape index (κ2) is 14.6. The molecule has 0 aliphatic rings. The number of sulfonamides is 2. The Morgan fingerprint density at radius 1 is 0.848 bits per heavy atom. The van der Waals surface area contributed by atoms with Crippen LogP contribution in [-0.2, 0) is 29.6 Å². The number of nitrogens with one attached hydrogen (secondary N) is 1. The smallest absolute Gasteiger partial charge is 0.240 e. The largest absolute Gasteiger partial charge is 0.398 e. The van der Waals surface area contributed by atoms with Crippen LogP contribution in [0, 0.1) is 0 Å². The minimum absolute atomic E-state index is 0.0162. The fraction of sp³-hybridized carbons (Fsp3) is 0.125. The van der Waals surface area contributed by atoms with E-state index in [0.29, 0.717) is 5.33 Å². The van der Waals surface area contributed by atoms with Gasteiger partial charge in [0.15, 0.2) is 0 Å². The van der Waals surface area contributed by atoms with E-state index in [9.17, 15) is 26.4 Å². The SMILES string of the molecule is NS(=O)(=O)c1cc(Cl)ccc1NC(=O)CBr.Nc1ccc(Cl)cc1S(N)(=O)=O.O=C(Br)CBr. The summed E-state index contributed by atoms with van der Waals surface area (Å²) >= 11 is 19.7. The van der Waals surface area contributed by atoms with E-state index in [0.717, 1.165) is 0 Å². The lowest BCUT2D eigenvalue weighted by molar-refractivity contribution is -0.113. The molecular weight excluding hydrogens is 719 g/mol. The molecule has 2 aromatic rings. The molecule has 0 atom stereocenters. The van der Waals surface area contributed by atoms with Crippen molar-refractivity contribution in [3.8, 4) is 0 Å². The number of halogens is 5. The highest BCUT2D eigenvalue weighted by Crippen LogP contribution is 2.24. The molecule has 0 spiro atoms. The molecule has 0 heterocycles. The van der Waals surface area contributed by atoms with E-state index in [4.69, 9.17) is 39.2 Å². The highest BCUT2D eigenvalue weighted by Gasteiger charge is 2.16. The number of alkyl halides is 2. The minimum atomic E-state index is -3.92. The Morgan fingerprint density at radius 3 is 1.64 bits per heavy atom. The molecule has 2 rings (SSSR count). The van der Waals surface area contributed by atoms with E-state index in [1.807, 2.05) is 0 Å².